The average molecular weight is 267 g/mol. The Kier molecular flexibility index (Phi) is 5.06. The molecule has 3 nitrogen and oxygen atoms in total. The summed E-state index contributed by atoms with van der Waals surface area (Å²) >= 11 is 0. The van der Waals surface area contributed by atoms with Crippen LogP contribution in [0.2, 0.25) is 0 Å². The van der Waals surface area contributed by atoms with E-state index in [4.69, 9.17) is 4.74 Å². The van der Waals surface area contributed by atoms with Crippen molar-refractivity contribution in [3.63, 3.8) is 0 Å². The summed E-state index contributed by atoms with van der Waals surface area (Å²) in [7, 11) is 0. The summed E-state index contributed by atoms with van der Waals surface area (Å²) in [5.41, 5.74) is 0.0201. The lowest BCUT2D eigenvalue weighted by atomic mass is 10.1. The first-order chi connectivity index (χ1) is 8.70. The number of carbonyl (C=O) groups excluding carboxylic acids is 1. The maximum Gasteiger partial charge on any atom is 0.323 e. The SMILES string of the molecule is CC(N[C@H](C)c1ccccc1F)C(=O)OC(C)(C)C. The molecule has 0 amide bonds. The van der Waals surface area contributed by atoms with E-state index in [2.05, 4.69) is 5.32 Å². The van der Waals surface area contributed by atoms with Gasteiger partial charge in [0.25, 0.3) is 0 Å². The molecule has 0 saturated carbocycles. The normalized spacial score (nSPS) is 14.8. The van der Waals surface area contributed by atoms with Crippen molar-refractivity contribution in [2.45, 2.75) is 52.3 Å². The molecule has 0 saturated heterocycles. The molecule has 0 fully saturated rings. The first kappa shape index (κ1) is 15.6. The second kappa shape index (κ2) is 6.15. The Morgan fingerprint density at radius 1 is 1.26 bits per heavy atom. The minimum Gasteiger partial charge on any atom is -0.459 e. The highest BCUT2D eigenvalue weighted by Crippen LogP contribution is 2.17. The third-order valence-electron chi connectivity index (χ3n) is 2.63. The van der Waals surface area contributed by atoms with Gasteiger partial charge in [-0.05, 0) is 40.7 Å². The maximum absolute atomic E-state index is 13.6. The van der Waals surface area contributed by atoms with Crippen LogP contribution in [-0.4, -0.2) is 17.6 Å². The van der Waals surface area contributed by atoms with Gasteiger partial charge in [-0.3, -0.25) is 10.1 Å². The molecule has 1 aromatic rings. The van der Waals surface area contributed by atoms with Gasteiger partial charge in [-0.25, -0.2) is 4.39 Å². The van der Waals surface area contributed by atoms with E-state index >= 15 is 0 Å². The molecule has 106 valence electrons. The van der Waals surface area contributed by atoms with Gasteiger partial charge >= 0.3 is 5.97 Å². The highest BCUT2D eigenvalue weighted by molar-refractivity contribution is 5.75. The van der Waals surface area contributed by atoms with Crippen molar-refractivity contribution in [2.75, 3.05) is 0 Å². The quantitative estimate of drug-likeness (QED) is 0.851. The van der Waals surface area contributed by atoms with Crippen LogP contribution in [-0.2, 0) is 9.53 Å². The predicted molar refractivity (Wildman–Crippen MR) is 73.3 cm³/mol. The zero-order valence-electron chi connectivity index (χ0n) is 12.2. The standard InChI is InChI=1S/C15H22FNO2/c1-10(12-8-6-7-9-13(12)16)17-11(2)14(18)19-15(3,4)5/h6-11,17H,1-5H3/t10-,11?/m1/s1. The molecular formula is C15H22FNO2. The summed E-state index contributed by atoms with van der Waals surface area (Å²) in [4.78, 5) is 11.8. The highest BCUT2D eigenvalue weighted by atomic mass is 19.1. The number of benzene rings is 1. The Hall–Kier alpha value is -1.42. The largest absolute Gasteiger partial charge is 0.459 e. The van der Waals surface area contributed by atoms with Crippen LogP contribution in [0.25, 0.3) is 0 Å². The first-order valence-electron chi connectivity index (χ1n) is 6.44. The number of ether oxygens (including phenoxy) is 1. The van der Waals surface area contributed by atoms with E-state index in [1.807, 2.05) is 27.7 Å². The Morgan fingerprint density at radius 2 is 1.84 bits per heavy atom. The van der Waals surface area contributed by atoms with Crippen molar-refractivity contribution in [1.82, 2.24) is 5.32 Å². The van der Waals surface area contributed by atoms with Gasteiger partial charge in [0.05, 0.1) is 0 Å². The van der Waals surface area contributed by atoms with Crippen LogP contribution in [0.4, 0.5) is 4.39 Å². The van der Waals surface area contributed by atoms with Crippen molar-refractivity contribution < 1.29 is 13.9 Å². The fourth-order valence-corrected chi connectivity index (χ4v) is 1.75. The van der Waals surface area contributed by atoms with Crippen molar-refractivity contribution >= 4 is 5.97 Å². The van der Waals surface area contributed by atoms with Crippen LogP contribution in [0.1, 0.15) is 46.2 Å². The molecule has 19 heavy (non-hydrogen) atoms. The smallest absolute Gasteiger partial charge is 0.323 e. The van der Waals surface area contributed by atoms with E-state index in [1.165, 1.54) is 6.07 Å². The molecule has 0 spiro atoms. The summed E-state index contributed by atoms with van der Waals surface area (Å²) in [6.45, 7) is 8.98. The lowest BCUT2D eigenvalue weighted by Gasteiger charge is -2.25. The van der Waals surface area contributed by atoms with Gasteiger partial charge in [-0.1, -0.05) is 18.2 Å². The van der Waals surface area contributed by atoms with Crippen molar-refractivity contribution in [2.24, 2.45) is 0 Å². The van der Waals surface area contributed by atoms with Crippen LogP contribution in [0.3, 0.4) is 0 Å². The maximum atomic E-state index is 13.6. The molecule has 0 heterocycles. The van der Waals surface area contributed by atoms with Gasteiger partial charge in [0.2, 0.25) is 0 Å². The van der Waals surface area contributed by atoms with Crippen LogP contribution in [0.5, 0.6) is 0 Å². The molecule has 0 aromatic heterocycles. The van der Waals surface area contributed by atoms with Crippen molar-refractivity contribution in [1.29, 1.82) is 0 Å². The number of esters is 1. The topological polar surface area (TPSA) is 38.3 Å². The third-order valence-corrected chi connectivity index (χ3v) is 2.63. The van der Waals surface area contributed by atoms with E-state index in [9.17, 15) is 9.18 Å². The summed E-state index contributed by atoms with van der Waals surface area (Å²) in [5.74, 6) is -0.616. The Morgan fingerprint density at radius 3 is 2.37 bits per heavy atom. The number of halogens is 1. The van der Waals surface area contributed by atoms with Crippen LogP contribution < -0.4 is 5.32 Å². The van der Waals surface area contributed by atoms with E-state index in [0.717, 1.165) is 0 Å². The first-order valence-corrected chi connectivity index (χ1v) is 6.44. The van der Waals surface area contributed by atoms with Crippen molar-refractivity contribution in [3.8, 4) is 0 Å². The molecule has 1 unspecified atom stereocenters. The summed E-state index contributed by atoms with van der Waals surface area (Å²) < 4.78 is 18.9. The average Bonchev–Trinajstić information content (AvgIpc) is 2.27. The van der Waals surface area contributed by atoms with Gasteiger partial charge in [0.15, 0.2) is 0 Å². The van der Waals surface area contributed by atoms with E-state index in [-0.39, 0.29) is 17.8 Å². The zero-order valence-corrected chi connectivity index (χ0v) is 12.2. The van der Waals surface area contributed by atoms with E-state index < -0.39 is 11.6 Å². The van der Waals surface area contributed by atoms with Crippen LogP contribution in [0.15, 0.2) is 24.3 Å². The number of hydrogen-bond donors (Lipinski definition) is 1. The summed E-state index contributed by atoms with van der Waals surface area (Å²) in [6, 6.07) is 5.77. The van der Waals surface area contributed by atoms with Gasteiger partial charge in [-0.2, -0.15) is 0 Å². The molecule has 0 bridgehead atoms. The highest BCUT2D eigenvalue weighted by Gasteiger charge is 2.23. The Labute approximate surface area is 114 Å². The second-order valence-corrected chi connectivity index (χ2v) is 5.67. The van der Waals surface area contributed by atoms with Gasteiger partial charge in [0, 0.05) is 11.6 Å². The van der Waals surface area contributed by atoms with E-state index in [0.29, 0.717) is 5.56 Å². The lowest BCUT2D eigenvalue weighted by Crippen LogP contribution is -2.40. The molecule has 1 N–H and O–H groups in total. The van der Waals surface area contributed by atoms with Crippen LogP contribution >= 0.6 is 0 Å². The minimum atomic E-state index is -0.520. The zero-order chi connectivity index (χ0) is 14.6. The summed E-state index contributed by atoms with van der Waals surface area (Å²) in [5, 5.41) is 3.04. The fraction of sp³-hybridized carbons (Fsp3) is 0.533. The third kappa shape index (κ3) is 4.99. The Balaban J connectivity index is 2.64. The molecule has 1 aromatic carbocycles. The number of carbonyl (C=O) groups is 1. The van der Waals surface area contributed by atoms with Crippen molar-refractivity contribution in [3.05, 3.63) is 35.6 Å². The second-order valence-electron chi connectivity index (χ2n) is 5.67. The number of hydrogen-bond acceptors (Lipinski definition) is 3. The lowest BCUT2D eigenvalue weighted by molar-refractivity contribution is -0.157. The predicted octanol–water partition coefficient (Wildman–Crippen LogP) is 3.21. The molecule has 0 aliphatic rings. The Bertz CT molecular complexity index is 440. The molecular weight excluding hydrogens is 245 g/mol. The molecule has 0 aliphatic carbocycles. The van der Waals surface area contributed by atoms with Gasteiger partial charge < -0.3 is 4.74 Å². The van der Waals surface area contributed by atoms with Crippen LogP contribution in [0, 0.1) is 5.82 Å². The van der Waals surface area contributed by atoms with E-state index in [1.54, 1.807) is 25.1 Å². The number of nitrogens with one attached hydrogen (secondary N) is 1. The minimum absolute atomic E-state index is 0.260. The summed E-state index contributed by atoms with van der Waals surface area (Å²) in [6.07, 6.45) is 0. The molecule has 4 heteroatoms. The molecule has 1 rings (SSSR count). The number of rotatable bonds is 4. The molecule has 0 radical (unpaired) electrons. The van der Waals surface area contributed by atoms with Gasteiger partial charge in [0.1, 0.15) is 17.5 Å². The molecule has 2 atom stereocenters. The monoisotopic (exact) mass is 267 g/mol. The fourth-order valence-electron chi connectivity index (χ4n) is 1.75. The molecule has 0 aliphatic heterocycles. The van der Waals surface area contributed by atoms with Gasteiger partial charge in [-0.15, -0.1) is 0 Å².